The summed E-state index contributed by atoms with van der Waals surface area (Å²) in [6, 6.07) is 4.46. The summed E-state index contributed by atoms with van der Waals surface area (Å²) in [4.78, 5) is 19.6. The van der Waals surface area contributed by atoms with Crippen LogP contribution in [0.5, 0.6) is 0 Å². The van der Waals surface area contributed by atoms with Crippen LogP contribution in [0.2, 0.25) is 0 Å². The summed E-state index contributed by atoms with van der Waals surface area (Å²) in [5.41, 5.74) is 1.34. The molecular weight excluding hydrogens is 300 g/mol. The maximum Gasteiger partial charge on any atom is 0.132 e. The van der Waals surface area contributed by atoms with Crippen molar-refractivity contribution in [3.05, 3.63) is 24.2 Å². The molecule has 0 saturated carbocycles. The number of carbonyl (C=O) groups excluding carboxylic acids is 1. The fourth-order valence-electron chi connectivity index (χ4n) is 4.68. The highest BCUT2D eigenvalue weighted by molar-refractivity contribution is 5.91. The van der Waals surface area contributed by atoms with Crippen molar-refractivity contribution < 1.29 is 9.21 Å². The molecule has 2 aliphatic heterocycles. The zero-order valence-electron chi connectivity index (χ0n) is 15.4. The molecule has 4 nitrogen and oxygen atoms in total. The smallest absolute Gasteiger partial charge is 0.132 e. The Balaban J connectivity index is 2.01. The van der Waals surface area contributed by atoms with Crippen molar-refractivity contribution in [1.29, 1.82) is 0 Å². The molecule has 1 aromatic heterocycles. The molecule has 5 atom stereocenters. The topological polar surface area (TPSA) is 45.8 Å². The lowest BCUT2D eigenvalue weighted by Crippen LogP contribution is -2.52. The van der Waals surface area contributed by atoms with Gasteiger partial charge >= 0.3 is 0 Å². The number of rotatable bonds is 4. The molecule has 24 heavy (non-hydrogen) atoms. The minimum atomic E-state index is 0.247. The predicted octanol–water partition coefficient (Wildman–Crippen LogP) is 3.78. The second kappa shape index (κ2) is 7.22. The maximum atomic E-state index is 12.2. The molecule has 132 valence electrons. The van der Waals surface area contributed by atoms with Crippen LogP contribution >= 0.6 is 0 Å². The molecular formula is C20H30N2O2. The molecule has 4 heteroatoms. The number of fused-ring (bicyclic) bond motifs is 1. The normalized spacial score (nSPS) is 34.3. The fraction of sp³-hybridized carbons (Fsp3) is 0.700. The van der Waals surface area contributed by atoms with Crippen LogP contribution in [0, 0.1) is 17.8 Å². The van der Waals surface area contributed by atoms with Gasteiger partial charge in [0.2, 0.25) is 0 Å². The summed E-state index contributed by atoms with van der Waals surface area (Å²) in [5.74, 6) is 2.74. The van der Waals surface area contributed by atoms with E-state index >= 15 is 0 Å². The van der Waals surface area contributed by atoms with Gasteiger partial charge in [0.05, 0.1) is 6.26 Å². The van der Waals surface area contributed by atoms with Gasteiger partial charge in [-0.15, -0.1) is 0 Å². The molecule has 3 rings (SSSR count). The van der Waals surface area contributed by atoms with Crippen LogP contribution < -0.4 is 0 Å². The van der Waals surface area contributed by atoms with Gasteiger partial charge in [0, 0.05) is 55.4 Å². The van der Waals surface area contributed by atoms with E-state index in [0.717, 1.165) is 25.3 Å². The molecule has 0 N–H and O–H groups in total. The Hall–Kier alpha value is -1.42. The summed E-state index contributed by atoms with van der Waals surface area (Å²) in [6.07, 6.45) is 3.99. The van der Waals surface area contributed by atoms with Gasteiger partial charge in [-0.05, 0) is 38.4 Å². The highest BCUT2D eigenvalue weighted by Gasteiger charge is 2.45. The van der Waals surface area contributed by atoms with Gasteiger partial charge in [0.25, 0.3) is 0 Å². The van der Waals surface area contributed by atoms with Crippen LogP contribution in [0.15, 0.2) is 27.8 Å². The van der Waals surface area contributed by atoms with Gasteiger partial charge in [-0.25, -0.2) is 0 Å². The minimum absolute atomic E-state index is 0.247. The minimum Gasteiger partial charge on any atom is -0.469 e. The third-order valence-electron chi connectivity index (χ3n) is 6.07. The van der Waals surface area contributed by atoms with Crippen molar-refractivity contribution in [3.63, 3.8) is 0 Å². The highest BCUT2D eigenvalue weighted by Crippen LogP contribution is 2.44. The van der Waals surface area contributed by atoms with Crippen LogP contribution in [0.1, 0.15) is 51.7 Å². The Bertz CT molecular complexity index is 593. The first-order chi connectivity index (χ1) is 11.5. The third-order valence-corrected chi connectivity index (χ3v) is 6.07. The first kappa shape index (κ1) is 17.4. The van der Waals surface area contributed by atoms with E-state index in [1.165, 1.54) is 5.71 Å². The largest absolute Gasteiger partial charge is 0.469 e. The summed E-state index contributed by atoms with van der Waals surface area (Å²) >= 11 is 0. The Morgan fingerprint density at radius 2 is 2.17 bits per heavy atom. The predicted molar refractivity (Wildman–Crippen MR) is 96.5 cm³/mol. The van der Waals surface area contributed by atoms with E-state index in [-0.39, 0.29) is 5.92 Å². The first-order valence-electron chi connectivity index (χ1n) is 9.32. The second-order valence-corrected chi connectivity index (χ2v) is 7.60. The van der Waals surface area contributed by atoms with E-state index in [2.05, 4.69) is 31.9 Å². The number of Topliss-reactive ketones (excluding diaryl/α,β-unsaturated/α-hetero) is 1. The number of furan rings is 1. The van der Waals surface area contributed by atoms with Crippen molar-refractivity contribution in [2.45, 2.75) is 52.0 Å². The third kappa shape index (κ3) is 3.21. The molecule has 0 aliphatic carbocycles. The van der Waals surface area contributed by atoms with Gasteiger partial charge < -0.3 is 9.32 Å². The van der Waals surface area contributed by atoms with Gasteiger partial charge in [-0.2, -0.15) is 0 Å². The van der Waals surface area contributed by atoms with Gasteiger partial charge in [-0.3, -0.25) is 9.79 Å². The quantitative estimate of drug-likeness (QED) is 0.844. The molecule has 0 radical (unpaired) electrons. The molecule has 0 amide bonds. The number of piperidine rings is 1. The number of carbonyl (C=O) groups is 1. The lowest BCUT2D eigenvalue weighted by molar-refractivity contribution is -0.120. The maximum absolute atomic E-state index is 12.2. The zero-order chi connectivity index (χ0) is 17.3. The Morgan fingerprint density at radius 1 is 1.38 bits per heavy atom. The van der Waals surface area contributed by atoms with Crippen molar-refractivity contribution in [1.82, 2.24) is 4.90 Å². The number of aliphatic imine (C=N–C) groups is 1. The molecule has 1 fully saturated rings. The van der Waals surface area contributed by atoms with Gasteiger partial charge in [0.1, 0.15) is 11.5 Å². The van der Waals surface area contributed by atoms with E-state index in [1.807, 2.05) is 13.0 Å². The monoisotopic (exact) mass is 330 g/mol. The van der Waals surface area contributed by atoms with Gasteiger partial charge in [-0.1, -0.05) is 13.8 Å². The number of likely N-dealkylation sites (tertiary alicyclic amines) is 1. The van der Waals surface area contributed by atoms with E-state index in [0.29, 0.717) is 42.4 Å². The molecule has 1 aromatic rings. The number of hydrogen-bond acceptors (Lipinski definition) is 4. The summed E-state index contributed by atoms with van der Waals surface area (Å²) in [6.45, 7) is 8.43. The summed E-state index contributed by atoms with van der Waals surface area (Å²) in [5, 5.41) is 0. The fourth-order valence-corrected chi connectivity index (χ4v) is 4.68. The SMILES string of the molecule is CCC(=O)CC1CCN=C2C(C)CN(C)C(C)C2C1c1ccco1. The van der Waals surface area contributed by atoms with Gasteiger partial charge in [0.15, 0.2) is 0 Å². The molecule has 3 heterocycles. The average molecular weight is 330 g/mol. The van der Waals surface area contributed by atoms with Crippen molar-refractivity contribution >= 4 is 11.5 Å². The first-order valence-corrected chi connectivity index (χ1v) is 9.32. The lowest BCUT2D eigenvalue weighted by Gasteiger charge is -2.45. The Kier molecular flexibility index (Phi) is 5.24. The zero-order valence-corrected chi connectivity index (χ0v) is 15.4. The van der Waals surface area contributed by atoms with Crippen LogP contribution in [-0.4, -0.2) is 42.6 Å². The summed E-state index contributed by atoms with van der Waals surface area (Å²) in [7, 11) is 2.20. The standard InChI is InChI=1S/C20H30N2O2/c1-5-16(23)11-15-8-9-21-20-13(2)12-22(4)14(3)18(20)19(15)17-7-6-10-24-17/h6-7,10,13-15,18-19H,5,8-9,11-12H2,1-4H3. The second-order valence-electron chi connectivity index (χ2n) is 7.60. The molecule has 5 unspecified atom stereocenters. The average Bonchev–Trinajstić information content (AvgIpc) is 3.01. The van der Waals surface area contributed by atoms with Crippen LogP contribution in [-0.2, 0) is 4.79 Å². The van der Waals surface area contributed by atoms with E-state index < -0.39 is 0 Å². The molecule has 0 spiro atoms. The number of hydrogen-bond donors (Lipinski definition) is 0. The van der Waals surface area contributed by atoms with Crippen LogP contribution in [0.3, 0.4) is 0 Å². The lowest BCUT2D eigenvalue weighted by atomic mass is 9.68. The Morgan fingerprint density at radius 3 is 2.83 bits per heavy atom. The van der Waals surface area contributed by atoms with E-state index in [4.69, 9.17) is 9.41 Å². The van der Waals surface area contributed by atoms with E-state index in [9.17, 15) is 4.79 Å². The van der Waals surface area contributed by atoms with Crippen LogP contribution in [0.25, 0.3) is 0 Å². The summed E-state index contributed by atoms with van der Waals surface area (Å²) < 4.78 is 5.86. The number of nitrogens with zero attached hydrogens (tertiary/aromatic N) is 2. The van der Waals surface area contributed by atoms with Crippen LogP contribution in [0.4, 0.5) is 0 Å². The number of ketones is 1. The molecule has 0 aromatic carbocycles. The van der Waals surface area contributed by atoms with E-state index in [1.54, 1.807) is 6.26 Å². The molecule has 1 saturated heterocycles. The van der Waals surface area contributed by atoms with Crippen molar-refractivity contribution in [2.75, 3.05) is 20.1 Å². The molecule has 0 bridgehead atoms. The highest BCUT2D eigenvalue weighted by atomic mass is 16.3. The molecule has 2 aliphatic rings. The Labute approximate surface area is 145 Å². The van der Waals surface area contributed by atoms with Crippen molar-refractivity contribution in [2.24, 2.45) is 22.7 Å². The van der Waals surface area contributed by atoms with Crippen molar-refractivity contribution in [3.8, 4) is 0 Å².